The third-order valence-electron chi connectivity index (χ3n) is 2.69. The van der Waals surface area contributed by atoms with E-state index >= 15 is 0 Å². The summed E-state index contributed by atoms with van der Waals surface area (Å²) in [5, 5.41) is 0. The zero-order valence-electron chi connectivity index (χ0n) is 11.0. The van der Waals surface area contributed by atoms with Crippen LogP contribution in [0.3, 0.4) is 0 Å². The van der Waals surface area contributed by atoms with Crippen LogP contribution in [0.5, 0.6) is 0 Å². The van der Waals surface area contributed by atoms with Gasteiger partial charge in [-0.05, 0) is 30.2 Å². The van der Waals surface area contributed by atoms with Gasteiger partial charge in [-0.1, -0.05) is 6.92 Å². The Morgan fingerprint density at radius 2 is 2.00 bits per heavy atom. The van der Waals surface area contributed by atoms with Crippen molar-refractivity contribution in [3.05, 3.63) is 29.3 Å². The molecule has 0 aliphatic carbocycles. The Kier molecular flexibility index (Phi) is 4.61. The second-order valence-corrected chi connectivity index (χ2v) is 6.16. The molecule has 0 unspecified atom stereocenters. The van der Waals surface area contributed by atoms with Gasteiger partial charge in [-0.3, -0.25) is 13.4 Å². The summed E-state index contributed by atoms with van der Waals surface area (Å²) in [7, 11) is 0.0430. The number of benzene rings is 1. The van der Waals surface area contributed by atoms with Crippen molar-refractivity contribution in [2.45, 2.75) is 13.3 Å². The number of aryl methyl sites for hydroxylation is 1. The average Bonchev–Trinajstić information content (AvgIpc) is 2.35. The minimum atomic E-state index is -2.85. The SMILES string of the molecule is CCc1cc(C(=O)OC)cc(N(C)S(C)(O)O)c1. The van der Waals surface area contributed by atoms with E-state index < -0.39 is 16.7 Å². The topological polar surface area (TPSA) is 70.0 Å². The highest BCUT2D eigenvalue weighted by Crippen LogP contribution is 2.41. The lowest BCUT2D eigenvalue weighted by Crippen LogP contribution is -2.22. The first-order valence-electron chi connectivity index (χ1n) is 5.49. The van der Waals surface area contributed by atoms with Gasteiger partial charge in [0.05, 0.1) is 18.4 Å². The van der Waals surface area contributed by atoms with Gasteiger partial charge in [0.25, 0.3) is 0 Å². The molecule has 0 fully saturated rings. The van der Waals surface area contributed by atoms with Crippen LogP contribution in [-0.2, 0) is 11.2 Å². The Morgan fingerprint density at radius 1 is 1.39 bits per heavy atom. The molecule has 0 aliphatic rings. The van der Waals surface area contributed by atoms with Gasteiger partial charge in [-0.25, -0.2) is 4.79 Å². The van der Waals surface area contributed by atoms with Crippen molar-refractivity contribution in [2.75, 3.05) is 24.7 Å². The van der Waals surface area contributed by atoms with E-state index in [1.54, 1.807) is 19.2 Å². The molecule has 1 aromatic carbocycles. The predicted octanol–water partition coefficient (Wildman–Crippen LogP) is 2.77. The monoisotopic (exact) mass is 273 g/mol. The fourth-order valence-electron chi connectivity index (χ4n) is 1.50. The van der Waals surface area contributed by atoms with Crippen molar-refractivity contribution in [3.63, 3.8) is 0 Å². The number of hydrogen-bond acceptors (Lipinski definition) is 5. The first-order chi connectivity index (χ1) is 8.29. The molecule has 0 spiro atoms. The summed E-state index contributed by atoms with van der Waals surface area (Å²) >= 11 is 0. The second-order valence-electron chi connectivity index (χ2n) is 4.02. The molecule has 0 amide bonds. The molecule has 102 valence electrons. The van der Waals surface area contributed by atoms with Gasteiger partial charge in [-0.15, -0.1) is 10.8 Å². The zero-order chi connectivity index (χ0) is 13.9. The number of nitrogens with zero attached hydrogens (tertiary/aromatic N) is 1. The van der Waals surface area contributed by atoms with E-state index in [4.69, 9.17) is 0 Å². The smallest absolute Gasteiger partial charge is 0.337 e. The molecule has 0 saturated heterocycles. The van der Waals surface area contributed by atoms with Crippen LogP contribution >= 0.6 is 10.8 Å². The van der Waals surface area contributed by atoms with Crippen LogP contribution in [0.1, 0.15) is 22.8 Å². The van der Waals surface area contributed by atoms with E-state index in [1.807, 2.05) is 13.0 Å². The Bertz CT molecular complexity index is 442. The summed E-state index contributed by atoms with van der Waals surface area (Å²) in [5.74, 6) is -0.437. The third-order valence-corrected chi connectivity index (χ3v) is 3.94. The van der Waals surface area contributed by atoms with Crippen LogP contribution in [0.2, 0.25) is 0 Å². The number of hydrogen-bond donors (Lipinski definition) is 2. The summed E-state index contributed by atoms with van der Waals surface area (Å²) < 4.78 is 25.3. The molecule has 6 heteroatoms. The standard InChI is InChI=1S/C12H19NO4S/c1-5-9-6-10(12(14)17-3)8-11(7-9)13(2)18(4,15)16/h6-8,15-16H,5H2,1-4H3. The highest BCUT2D eigenvalue weighted by Gasteiger charge is 2.16. The van der Waals surface area contributed by atoms with Crippen LogP contribution in [0.15, 0.2) is 18.2 Å². The number of rotatable bonds is 4. The Morgan fingerprint density at radius 3 is 2.44 bits per heavy atom. The largest absolute Gasteiger partial charge is 0.465 e. The van der Waals surface area contributed by atoms with Gasteiger partial charge in [0.15, 0.2) is 0 Å². The summed E-state index contributed by atoms with van der Waals surface area (Å²) in [6.45, 7) is 1.96. The van der Waals surface area contributed by atoms with Crippen molar-refractivity contribution in [1.29, 1.82) is 0 Å². The van der Waals surface area contributed by atoms with Gasteiger partial charge in [0.2, 0.25) is 0 Å². The van der Waals surface area contributed by atoms with E-state index in [0.29, 0.717) is 11.3 Å². The lowest BCUT2D eigenvalue weighted by atomic mass is 10.1. The minimum absolute atomic E-state index is 0.405. The molecule has 0 radical (unpaired) electrons. The van der Waals surface area contributed by atoms with E-state index in [2.05, 4.69) is 4.74 Å². The lowest BCUT2D eigenvalue weighted by molar-refractivity contribution is 0.0600. The first kappa shape index (κ1) is 14.8. The fraction of sp³-hybridized carbons (Fsp3) is 0.417. The van der Waals surface area contributed by atoms with Gasteiger partial charge in [0, 0.05) is 13.3 Å². The Labute approximate surface area is 109 Å². The summed E-state index contributed by atoms with van der Waals surface area (Å²) in [6, 6.07) is 5.15. The normalized spacial score (nSPS) is 12.1. The van der Waals surface area contributed by atoms with Crippen LogP contribution in [0.25, 0.3) is 0 Å². The van der Waals surface area contributed by atoms with Crippen molar-refractivity contribution in [3.8, 4) is 0 Å². The molecule has 0 bridgehead atoms. The van der Waals surface area contributed by atoms with Crippen molar-refractivity contribution < 1.29 is 18.6 Å². The van der Waals surface area contributed by atoms with Crippen LogP contribution < -0.4 is 4.31 Å². The molecule has 18 heavy (non-hydrogen) atoms. The maximum absolute atomic E-state index is 11.5. The highest BCUT2D eigenvalue weighted by atomic mass is 32.3. The van der Waals surface area contributed by atoms with E-state index in [9.17, 15) is 13.9 Å². The Hall–Kier alpha value is -1.24. The molecule has 0 heterocycles. The van der Waals surface area contributed by atoms with Gasteiger partial charge >= 0.3 is 5.97 Å². The van der Waals surface area contributed by atoms with E-state index in [1.165, 1.54) is 17.7 Å². The molecule has 2 N–H and O–H groups in total. The molecular weight excluding hydrogens is 254 g/mol. The molecule has 0 saturated carbocycles. The molecular formula is C12H19NO4S. The number of carbonyl (C=O) groups excluding carboxylic acids is 1. The molecule has 0 aliphatic heterocycles. The number of anilines is 1. The van der Waals surface area contributed by atoms with Crippen LogP contribution in [-0.4, -0.2) is 35.5 Å². The number of methoxy groups -OCH3 is 1. The zero-order valence-corrected chi connectivity index (χ0v) is 11.8. The van der Waals surface area contributed by atoms with Gasteiger partial charge < -0.3 is 4.74 Å². The van der Waals surface area contributed by atoms with E-state index in [0.717, 1.165) is 12.0 Å². The summed E-state index contributed by atoms with van der Waals surface area (Å²) in [5.41, 5.74) is 1.92. The van der Waals surface area contributed by atoms with Crippen LogP contribution in [0.4, 0.5) is 5.69 Å². The molecule has 0 aromatic heterocycles. The Balaban J connectivity index is 3.24. The van der Waals surface area contributed by atoms with E-state index in [-0.39, 0.29) is 0 Å². The number of esters is 1. The summed E-state index contributed by atoms with van der Waals surface area (Å²) in [4.78, 5) is 11.5. The third kappa shape index (κ3) is 3.38. The first-order valence-corrected chi connectivity index (χ1v) is 7.40. The van der Waals surface area contributed by atoms with Crippen molar-refractivity contribution in [2.24, 2.45) is 0 Å². The summed E-state index contributed by atoms with van der Waals surface area (Å²) in [6.07, 6.45) is 2.08. The van der Waals surface area contributed by atoms with Crippen molar-refractivity contribution >= 4 is 22.4 Å². The predicted molar refractivity (Wildman–Crippen MR) is 74.3 cm³/mol. The maximum atomic E-state index is 11.5. The molecule has 0 atom stereocenters. The molecule has 5 nitrogen and oxygen atoms in total. The van der Waals surface area contributed by atoms with Crippen LogP contribution in [0, 0.1) is 0 Å². The second kappa shape index (κ2) is 5.60. The van der Waals surface area contributed by atoms with Gasteiger partial charge in [0.1, 0.15) is 0 Å². The maximum Gasteiger partial charge on any atom is 0.337 e. The average molecular weight is 273 g/mol. The van der Waals surface area contributed by atoms with Gasteiger partial charge in [-0.2, -0.15) is 0 Å². The molecule has 1 rings (SSSR count). The number of carbonyl (C=O) groups is 1. The highest BCUT2D eigenvalue weighted by molar-refractivity contribution is 8.24. The lowest BCUT2D eigenvalue weighted by Gasteiger charge is -2.38. The van der Waals surface area contributed by atoms with Crippen molar-refractivity contribution in [1.82, 2.24) is 0 Å². The quantitative estimate of drug-likeness (QED) is 0.825. The number of ether oxygens (including phenoxy) is 1. The fourth-order valence-corrected chi connectivity index (χ4v) is 2.00. The minimum Gasteiger partial charge on any atom is -0.465 e. The molecule has 1 aromatic rings.